The summed E-state index contributed by atoms with van der Waals surface area (Å²) in [4.78, 5) is 17.7. The van der Waals surface area contributed by atoms with Gasteiger partial charge in [-0.25, -0.2) is 4.98 Å². The van der Waals surface area contributed by atoms with E-state index in [1.807, 2.05) is 37.3 Å². The fraction of sp³-hybridized carbons (Fsp3) is 0.0588. The molecule has 0 bridgehead atoms. The van der Waals surface area contributed by atoms with Crippen LogP contribution in [0.1, 0.15) is 15.2 Å². The average molecular weight is 326 g/mol. The van der Waals surface area contributed by atoms with Crippen LogP contribution in [0.5, 0.6) is 11.5 Å². The fourth-order valence-corrected chi connectivity index (χ4v) is 3.02. The number of carbonyl (C=O) groups is 1. The van der Waals surface area contributed by atoms with E-state index in [1.54, 1.807) is 0 Å². The maximum absolute atomic E-state index is 12.2. The van der Waals surface area contributed by atoms with Gasteiger partial charge in [0.25, 0.3) is 5.91 Å². The number of carbonyl (C=O) groups excluding carboxylic acids is 1. The Kier molecular flexibility index (Phi) is 3.99. The van der Waals surface area contributed by atoms with Crippen LogP contribution in [0.4, 0.5) is 5.13 Å². The summed E-state index contributed by atoms with van der Waals surface area (Å²) >= 11 is 1.37. The van der Waals surface area contributed by atoms with E-state index in [0.717, 1.165) is 22.2 Å². The third-order valence-electron chi connectivity index (χ3n) is 3.29. The lowest BCUT2D eigenvalue weighted by atomic mass is 10.1. The summed E-state index contributed by atoms with van der Waals surface area (Å²) in [6.07, 6.45) is 0. The SMILES string of the molecule is Cc1sc(NC(=O)c2ccc(O)cc2O)nc1-c1ccccc1. The number of rotatable bonds is 3. The molecule has 1 amide bonds. The lowest BCUT2D eigenvalue weighted by molar-refractivity contribution is 0.102. The molecule has 3 N–H and O–H groups in total. The van der Waals surface area contributed by atoms with Crippen molar-refractivity contribution in [1.82, 2.24) is 4.98 Å². The lowest BCUT2D eigenvalue weighted by Crippen LogP contribution is -2.11. The Balaban J connectivity index is 1.85. The first-order valence-electron chi connectivity index (χ1n) is 6.91. The van der Waals surface area contributed by atoms with Crippen molar-refractivity contribution >= 4 is 22.4 Å². The zero-order valence-corrected chi connectivity index (χ0v) is 13.1. The van der Waals surface area contributed by atoms with E-state index in [1.165, 1.54) is 23.5 Å². The van der Waals surface area contributed by atoms with Crippen molar-refractivity contribution in [3.8, 4) is 22.8 Å². The molecule has 0 aliphatic heterocycles. The molecule has 0 spiro atoms. The number of phenols is 2. The van der Waals surface area contributed by atoms with E-state index < -0.39 is 5.91 Å². The molecule has 3 aromatic rings. The molecule has 0 saturated carbocycles. The van der Waals surface area contributed by atoms with Crippen molar-refractivity contribution in [1.29, 1.82) is 0 Å². The van der Waals surface area contributed by atoms with Gasteiger partial charge in [-0.1, -0.05) is 30.3 Å². The third-order valence-corrected chi connectivity index (χ3v) is 4.18. The highest BCUT2D eigenvalue weighted by Gasteiger charge is 2.15. The average Bonchev–Trinajstić information content (AvgIpc) is 2.88. The molecule has 0 aliphatic rings. The van der Waals surface area contributed by atoms with Crippen molar-refractivity contribution in [2.24, 2.45) is 0 Å². The van der Waals surface area contributed by atoms with Crippen LogP contribution in [0.2, 0.25) is 0 Å². The van der Waals surface area contributed by atoms with Gasteiger partial charge in [0.05, 0.1) is 11.3 Å². The number of amides is 1. The number of hydrogen-bond donors (Lipinski definition) is 3. The van der Waals surface area contributed by atoms with Crippen molar-refractivity contribution in [2.75, 3.05) is 5.32 Å². The maximum atomic E-state index is 12.2. The van der Waals surface area contributed by atoms with Crippen LogP contribution in [0.15, 0.2) is 48.5 Å². The second-order valence-electron chi connectivity index (χ2n) is 4.95. The van der Waals surface area contributed by atoms with Crippen LogP contribution < -0.4 is 5.32 Å². The van der Waals surface area contributed by atoms with Gasteiger partial charge < -0.3 is 10.2 Å². The van der Waals surface area contributed by atoms with Gasteiger partial charge in [-0.2, -0.15) is 0 Å². The number of nitrogens with zero attached hydrogens (tertiary/aromatic N) is 1. The zero-order valence-electron chi connectivity index (χ0n) is 12.3. The maximum Gasteiger partial charge on any atom is 0.261 e. The standard InChI is InChI=1S/C17H14N2O3S/c1-10-15(11-5-3-2-4-6-11)18-17(23-10)19-16(22)13-8-7-12(20)9-14(13)21/h2-9,20-21H,1H3,(H,18,19,22). The number of benzene rings is 2. The molecule has 1 heterocycles. The molecule has 6 heteroatoms. The molecular weight excluding hydrogens is 312 g/mol. The van der Waals surface area contributed by atoms with Crippen molar-refractivity contribution < 1.29 is 15.0 Å². The first-order chi connectivity index (χ1) is 11.0. The smallest absolute Gasteiger partial charge is 0.261 e. The van der Waals surface area contributed by atoms with E-state index in [2.05, 4.69) is 10.3 Å². The predicted molar refractivity (Wildman–Crippen MR) is 90.0 cm³/mol. The minimum Gasteiger partial charge on any atom is -0.508 e. The normalized spacial score (nSPS) is 10.5. The molecule has 0 radical (unpaired) electrons. The zero-order chi connectivity index (χ0) is 16.4. The van der Waals surface area contributed by atoms with Gasteiger partial charge in [0.1, 0.15) is 11.5 Å². The Labute approximate surface area is 136 Å². The van der Waals surface area contributed by atoms with Crippen LogP contribution in [0.25, 0.3) is 11.3 Å². The Morgan fingerprint density at radius 2 is 1.87 bits per heavy atom. The molecular formula is C17H14N2O3S. The fourth-order valence-electron chi connectivity index (χ4n) is 2.19. The van der Waals surface area contributed by atoms with E-state index in [9.17, 15) is 15.0 Å². The van der Waals surface area contributed by atoms with E-state index in [-0.39, 0.29) is 17.1 Å². The van der Waals surface area contributed by atoms with E-state index >= 15 is 0 Å². The molecule has 2 aromatic carbocycles. The summed E-state index contributed by atoms with van der Waals surface area (Å²) in [5, 5.41) is 22.1. The predicted octanol–water partition coefficient (Wildman–Crippen LogP) is 3.78. The Morgan fingerprint density at radius 1 is 1.13 bits per heavy atom. The number of aromatic nitrogens is 1. The summed E-state index contributed by atoms with van der Waals surface area (Å²) in [6, 6.07) is 13.5. The van der Waals surface area contributed by atoms with Gasteiger partial charge in [-0.15, -0.1) is 11.3 Å². The highest BCUT2D eigenvalue weighted by atomic mass is 32.1. The van der Waals surface area contributed by atoms with Gasteiger partial charge in [0.15, 0.2) is 5.13 Å². The van der Waals surface area contributed by atoms with Gasteiger partial charge in [-0.05, 0) is 19.1 Å². The van der Waals surface area contributed by atoms with Crippen LogP contribution >= 0.6 is 11.3 Å². The Morgan fingerprint density at radius 3 is 2.57 bits per heavy atom. The van der Waals surface area contributed by atoms with Gasteiger partial charge >= 0.3 is 0 Å². The molecule has 0 fully saturated rings. The van der Waals surface area contributed by atoms with Crippen LogP contribution in [0.3, 0.4) is 0 Å². The molecule has 5 nitrogen and oxygen atoms in total. The van der Waals surface area contributed by atoms with Crippen molar-refractivity contribution in [3.05, 3.63) is 59.0 Å². The number of anilines is 1. The first kappa shape index (κ1) is 15.1. The summed E-state index contributed by atoms with van der Waals surface area (Å²) in [5.41, 5.74) is 1.88. The summed E-state index contributed by atoms with van der Waals surface area (Å²) < 4.78 is 0. The number of aryl methyl sites for hydroxylation is 1. The third kappa shape index (κ3) is 3.17. The van der Waals surface area contributed by atoms with Crippen LogP contribution in [-0.2, 0) is 0 Å². The molecule has 0 unspecified atom stereocenters. The number of aromatic hydroxyl groups is 2. The van der Waals surface area contributed by atoms with Gasteiger partial charge in [0.2, 0.25) is 0 Å². The monoisotopic (exact) mass is 326 g/mol. The molecule has 23 heavy (non-hydrogen) atoms. The highest BCUT2D eigenvalue weighted by Crippen LogP contribution is 2.31. The second kappa shape index (κ2) is 6.10. The number of phenolic OH excluding ortho intramolecular Hbond substituents is 2. The van der Waals surface area contributed by atoms with E-state index in [0.29, 0.717) is 5.13 Å². The summed E-state index contributed by atoms with van der Waals surface area (Å²) in [6.45, 7) is 1.94. The largest absolute Gasteiger partial charge is 0.508 e. The molecule has 116 valence electrons. The minimum atomic E-state index is -0.476. The minimum absolute atomic E-state index is 0.0805. The molecule has 0 atom stereocenters. The molecule has 3 rings (SSSR count). The van der Waals surface area contributed by atoms with Crippen molar-refractivity contribution in [3.63, 3.8) is 0 Å². The molecule has 0 saturated heterocycles. The van der Waals surface area contributed by atoms with E-state index in [4.69, 9.17) is 0 Å². The lowest BCUT2D eigenvalue weighted by Gasteiger charge is -2.04. The quantitative estimate of drug-likeness (QED) is 0.684. The number of thiazole rings is 1. The molecule has 0 aliphatic carbocycles. The highest BCUT2D eigenvalue weighted by molar-refractivity contribution is 7.16. The topological polar surface area (TPSA) is 82.5 Å². The Bertz CT molecular complexity index is 860. The summed E-state index contributed by atoms with van der Waals surface area (Å²) in [7, 11) is 0. The molecule has 1 aromatic heterocycles. The number of hydrogen-bond acceptors (Lipinski definition) is 5. The number of nitrogens with one attached hydrogen (secondary N) is 1. The Hall–Kier alpha value is -2.86. The van der Waals surface area contributed by atoms with Crippen LogP contribution in [-0.4, -0.2) is 21.1 Å². The summed E-state index contributed by atoms with van der Waals surface area (Å²) in [5.74, 6) is -0.856. The first-order valence-corrected chi connectivity index (χ1v) is 7.72. The second-order valence-corrected chi connectivity index (χ2v) is 6.15. The van der Waals surface area contributed by atoms with Crippen LogP contribution in [0, 0.1) is 6.92 Å². The van der Waals surface area contributed by atoms with Gasteiger partial charge in [0, 0.05) is 16.5 Å². The van der Waals surface area contributed by atoms with Gasteiger partial charge in [-0.3, -0.25) is 10.1 Å². The van der Waals surface area contributed by atoms with Crippen molar-refractivity contribution in [2.45, 2.75) is 6.92 Å².